The van der Waals surface area contributed by atoms with Crippen molar-refractivity contribution in [3.8, 4) is 5.75 Å². The van der Waals surface area contributed by atoms with Gasteiger partial charge in [-0.3, -0.25) is 9.59 Å². The topological polar surface area (TPSA) is 43.4 Å². The summed E-state index contributed by atoms with van der Waals surface area (Å²) in [5.74, 6) is -0.954. The van der Waals surface area contributed by atoms with Crippen LogP contribution in [0.2, 0.25) is 0 Å². The summed E-state index contributed by atoms with van der Waals surface area (Å²) in [5, 5.41) is 0. The Balaban J connectivity index is 1.83. The van der Waals surface area contributed by atoms with Gasteiger partial charge in [-0.1, -0.05) is 36.4 Å². The molecule has 2 aromatic rings. The Kier molecular flexibility index (Phi) is 3.36. The Morgan fingerprint density at radius 2 is 1.57 bits per heavy atom. The quantitative estimate of drug-likeness (QED) is 0.868. The monoisotopic (exact) mass is 282 g/mol. The average Bonchev–Trinajstić information content (AvgIpc) is 2.51. The van der Waals surface area contributed by atoms with E-state index >= 15 is 0 Å². The molecule has 1 aliphatic carbocycles. The maximum atomic E-state index is 13.5. The minimum absolute atomic E-state index is 0.0532. The van der Waals surface area contributed by atoms with Gasteiger partial charge in [0.05, 0.1) is 0 Å². The minimum atomic E-state index is -0.506. The first-order valence-corrected chi connectivity index (χ1v) is 6.43. The van der Waals surface area contributed by atoms with Gasteiger partial charge in [-0.2, -0.15) is 0 Å². The first-order chi connectivity index (χ1) is 10.2. The number of carbonyl (C=O) groups excluding carboxylic acids is 2. The second-order valence-corrected chi connectivity index (χ2v) is 4.63. The van der Waals surface area contributed by atoms with Crippen LogP contribution in [-0.4, -0.2) is 18.2 Å². The zero-order chi connectivity index (χ0) is 14.8. The number of hydrogen-bond donors (Lipinski definition) is 0. The highest BCUT2D eigenvalue weighted by atomic mass is 19.1. The molecular weight excluding hydrogens is 271 g/mol. The van der Waals surface area contributed by atoms with Crippen molar-refractivity contribution in [3.05, 3.63) is 77.1 Å². The van der Waals surface area contributed by atoms with E-state index in [0.29, 0.717) is 11.1 Å². The van der Waals surface area contributed by atoms with Crippen molar-refractivity contribution in [2.45, 2.75) is 0 Å². The number of para-hydroxylation sites is 1. The van der Waals surface area contributed by atoms with E-state index in [-0.39, 0.29) is 29.5 Å². The van der Waals surface area contributed by atoms with E-state index < -0.39 is 5.82 Å². The van der Waals surface area contributed by atoms with Crippen LogP contribution in [0.1, 0.15) is 20.7 Å². The van der Waals surface area contributed by atoms with Gasteiger partial charge in [0.15, 0.2) is 23.1 Å². The lowest BCUT2D eigenvalue weighted by Gasteiger charge is -2.15. The number of halogens is 1. The van der Waals surface area contributed by atoms with Crippen LogP contribution in [-0.2, 0) is 0 Å². The van der Waals surface area contributed by atoms with Crippen molar-refractivity contribution in [3.63, 3.8) is 0 Å². The van der Waals surface area contributed by atoms with E-state index in [1.54, 1.807) is 36.4 Å². The summed E-state index contributed by atoms with van der Waals surface area (Å²) in [5.41, 5.74) is 0.969. The number of rotatable bonds is 3. The molecule has 0 atom stereocenters. The van der Waals surface area contributed by atoms with Gasteiger partial charge in [-0.05, 0) is 18.2 Å². The maximum absolute atomic E-state index is 13.5. The lowest BCUT2D eigenvalue weighted by atomic mass is 9.90. The molecule has 104 valence electrons. The van der Waals surface area contributed by atoms with Crippen LogP contribution in [0.5, 0.6) is 5.75 Å². The summed E-state index contributed by atoms with van der Waals surface area (Å²) in [7, 11) is 0. The third-order valence-electron chi connectivity index (χ3n) is 3.25. The Labute approximate surface area is 120 Å². The molecule has 0 saturated carbocycles. The highest BCUT2D eigenvalue weighted by molar-refractivity contribution is 6.24. The molecule has 0 aromatic heterocycles. The standard InChI is InChI=1S/C17H11FO3/c18-14-7-3-4-8-16(14)21-10-11-9-15(19)12-5-1-2-6-13(12)17(11)20/h1-9H,10H2. The van der Waals surface area contributed by atoms with Crippen molar-refractivity contribution in [2.24, 2.45) is 0 Å². The SMILES string of the molecule is O=C1C=C(COc2ccccc2F)C(=O)c2ccccc21. The van der Waals surface area contributed by atoms with Crippen molar-refractivity contribution < 1.29 is 18.7 Å². The number of allylic oxidation sites excluding steroid dienone is 1. The van der Waals surface area contributed by atoms with Crippen LogP contribution in [0.25, 0.3) is 0 Å². The van der Waals surface area contributed by atoms with E-state index in [2.05, 4.69) is 0 Å². The molecule has 0 spiro atoms. The third kappa shape index (κ3) is 2.48. The summed E-state index contributed by atoms with van der Waals surface area (Å²) in [4.78, 5) is 24.2. The molecule has 0 radical (unpaired) electrons. The zero-order valence-electron chi connectivity index (χ0n) is 11.0. The Bertz CT molecular complexity index is 762. The summed E-state index contributed by atoms with van der Waals surface area (Å²) in [6, 6.07) is 12.5. The molecule has 21 heavy (non-hydrogen) atoms. The van der Waals surface area contributed by atoms with Crippen LogP contribution in [0.3, 0.4) is 0 Å². The van der Waals surface area contributed by atoms with Crippen LogP contribution < -0.4 is 4.74 Å². The fraction of sp³-hybridized carbons (Fsp3) is 0.0588. The molecule has 0 N–H and O–H groups in total. The maximum Gasteiger partial charge on any atom is 0.193 e. The van der Waals surface area contributed by atoms with E-state index in [9.17, 15) is 14.0 Å². The smallest absolute Gasteiger partial charge is 0.193 e. The Hall–Kier alpha value is -2.75. The molecule has 0 saturated heterocycles. The van der Waals surface area contributed by atoms with E-state index in [1.807, 2.05) is 0 Å². The molecule has 0 bridgehead atoms. The Morgan fingerprint density at radius 1 is 0.905 bits per heavy atom. The zero-order valence-corrected chi connectivity index (χ0v) is 11.0. The molecule has 3 nitrogen and oxygen atoms in total. The molecule has 1 aliphatic rings. The van der Waals surface area contributed by atoms with Crippen LogP contribution >= 0.6 is 0 Å². The molecule has 2 aromatic carbocycles. The number of benzene rings is 2. The number of ether oxygens (including phenoxy) is 1. The molecule has 0 unspecified atom stereocenters. The predicted molar refractivity (Wildman–Crippen MR) is 75.1 cm³/mol. The van der Waals surface area contributed by atoms with Crippen molar-refractivity contribution >= 4 is 11.6 Å². The predicted octanol–water partition coefficient (Wildman–Crippen LogP) is 3.21. The second-order valence-electron chi connectivity index (χ2n) is 4.63. The molecule has 0 fully saturated rings. The number of fused-ring (bicyclic) bond motifs is 1. The van der Waals surface area contributed by atoms with Gasteiger partial charge in [0.25, 0.3) is 0 Å². The first kappa shape index (κ1) is 13.2. The largest absolute Gasteiger partial charge is 0.486 e. The van der Waals surface area contributed by atoms with E-state index in [4.69, 9.17) is 4.74 Å². The summed E-state index contributed by atoms with van der Waals surface area (Å²) in [6.45, 7) is -0.139. The van der Waals surface area contributed by atoms with Crippen molar-refractivity contribution in [1.82, 2.24) is 0 Å². The molecule has 4 heteroatoms. The van der Waals surface area contributed by atoms with Crippen molar-refractivity contribution in [2.75, 3.05) is 6.61 Å². The highest BCUT2D eigenvalue weighted by Crippen LogP contribution is 2.22. The van der Waals surface area contributed by atoms with Gasteiger partial charge < -0.3 is 4.74 Å². The number of ketones is 2. The molecule has 0 amide bonds. The number of hydrogen-bond acceptors (Lipinski definition) is 3. The number of Topliss-reactive ketones (excluding diaryl/α,β-unsaturated/α-hetero) is 1. The molecular formula is C17H11FO3. The van der Waals surface area contributed by atoms with Crippen LogP contribution in [0.4, 0.5) is 4.39 Å². The minimum Gasteiger partial charge on any atom is -0.486 e. The van der Waals surface area contributed by atoms with Gasteiger partial charge in [0, 0.05) is 16.7 Å². The highest BCUT2D eigenvalue weighted by Gasteiger charge is 2.25. The fourth-order valence-corrected chi connectivity index (χ4v) is 2.20. The summed E-state index contributed by atoms with van der Waals surface area (Å²) < 4.78 is 18.8. The Morgan fingerprint density at radius 3 is 2.33 bits per heavy atom. The fourth-order valence-electron chi connectivity index (χ4n) is 2.20. The second kappa shape index (κ2) is 5.32. The lowest BCUT2D eigenvalue weighted by Crippen LogP contribution is -2.20. The van der Waals surface area contributed by atoms with E-state index in [1.165, 1.54) is 18.2 Å². The van der Waals surface area contributed by atoms with Gasteiger partial charge in [-0.15, -0.1) is 0 Å². The first-order valence-electron chi connectivity index (χ1n) is 6.43. The normalized spacial score (nSPS) is 13.7. The summed E-state index contributed by atoms with van der Waals surface area (Å²) >= 11 is 0. The van der Waals surface area contributed by atoms with Gasteiger partial charge in [0.1, 0.15) is 6.61 Å². The average molecular weight is 282 g/mol. The number of carbonyl (C=O) groups is 2. The van der Waals surface area contributed by atoms with Crippen molar-refractivity contribution in [1.29, 1.82) is 0 Å². The van der Waals surface area contributed by atoms with Crippen LogP contribution in [0.15, 0.2) is 60.2 Å². The molecule has 0 aliphatic heterocycles. The lowest BCUT2D eigenvalue weighted by molar-refractivity contribution is 0.0974. The molecule has 0 heterocycles. The van der Waals surface area contributed by atoms with Gasteiger partial charge >= 0.3 is 0 Å². The van der Waals surface area contributed by atoms with Gasteiger partial charge in [0.2, 0.25) is 0 Å². The van der Waals surface area contributed by atoms with Gasteiger partial charge in [-0.25, -0.2) is 4.39 Å². The van der Waals surface area contributed by atoms with E-state index in [0.717, 1.165) is 0 Å². The molecule has 3 rings (SSSR count). The van der Waals surface area contributed by atoms with Crippen LogP contribution in [0, 0.1) is 5.82 Å². The summed E-state index contributed by atoms with van der Waals surface area (Å²) in [6.07, 6.45) is 1.26. The third-order valence-corrected chi connectivity index (χ3v) is 3.25.